The molecule has 1 atom stereocenters. The number of ether oxygens (including phenoxy) is 1. The molecule has 6 heteroatoms. The van der Waals surface area contributed by atoms with Crippen molar-refractivity contribution in [2.45, 2.75) is 38.3 Å². The van der Waals surface area contributed by atoms with Crippen molar-refractivity contribution in [1.82, 2.24) is 15.2 Å². The van der Waals surface area contributed by atoms with Gasteiger partial charge in [-0.1, -0.05) is 18.2 Å². The summed E-state index contributed by atoms with van der Waals surface area (Å²) in [5.41, 5.74) is 1.25. The lowest BCUT2D eigenvalue weighted by Gasteiger charge is -2.26. The number of benzene rings is 1. The third kappa shape index (κ3) is 4.02. The van der Waals surface area contributed by atoms with Crippen LogP contribution in [0.1, 0.15) is 39.5 Å². The van der Waals surface area contributed by atoms with Crippen LogP contribution in [0.15, 0.2) is 30.5 Å². The van der Waals surface area contributed by atoms with Crippen LogP contribution in [0.2, 0.25) is 0 Å². The predicted octanol–water partition coefficient (Wildman–Crippen LogP) is 2.86. The number of para-hydroxylation sites is 1. The smallest absolute Gasteiger partial charge is 0.263 e. The van der Waals surface area contributed by atoms with E-state index < -0.39 is 0 Å². The van der Waals surface area contributed by atoms with E-state index in [0.29, 0.717) is 11.4 Å². The molecule has 0 spiro atoms. The monoisotopic (exact) mass is 357 g/mol. The van der Waals surface area contributed by atoms with E-state index in [-0.39, 0.29) is 12.0 Å². The number of amides is 1. The van der Waals surface area contributed by atoms with Gasteiger partial charge in [0.05, 0.1) is 19.3 Å². The summed E-state index contributed by atoms with van der Waals surface area (Å²) in [6, 6.07) is 8.12. The van der Waals surface area contributed by atoms with Gasteiger partial charge in [-0.3, -0.25) is 9.69 Å². The molecule has 1 saturated heterocycles. The topological polar surface area (TPSA) is 54.5 Å². The van der Waals surface area contributed by atoms with Crippen LogP contribution in [-0.4, -0.2) is 41.5 Å². The number of carbonyl (C=O) groups is 1. The molecule has 0 bridgehead atoms. The average Bonchev–Trinajstić information content (AvgIpc) is 3.32. The van der Waals surface area contributed by atoms with Crippen molar-refractivity contribution in [3.63, 3.8) is 0 Å². The summed E-state index contributed by atoms with van der Waals surface area (Å²) in [6.45, 7) is 3.68. The molecule has 25 heavy (non-hydrogen) atoms. The minimum atomic E-state index is -0.0485. The molecule has 1 aromatic carbocycles. The third-order valence-electron chi connectivity index (χ3n) is 4.83. The van der Waals surface area contributed by atoms with Gasteiger partial charge in [0.15, 0.2) is 0 Å². The summed E-state index contributed by atoms with van der Waals surface area (Å²) in [5, 5.41) is 4.02. The number of carbonyl (C=O) groups excluding carboxylic acids is 1. The molecule has 1 fully saturated rings. The number of nitrogens with one attached hydrogen (secondary N) is 1. The average molecular weight is 357 g/mol. The van der Waals surface area contributed by atoms with Crippen molar-refractivity contribution < 1.29 is 9.53 Å². The van der Waals surface area contributed by atoms with Crippen LogP contribution in [0.5, 0.6) is 5.75 Å². The van der Waals surface area contributed by atoms with E-state index in [2.05, 4.69) is 21.3 Å². The Morgan fingerprint density at radius 1 is 1.32 bits per heavy atom. The summed E-state index contributed by atoms with van der Waals surface area (Å²) < 4.78 is 5.98. The second-order valence-corrected chi connectivity index (χ2v) is 7.81. The SMILES string of the molecule is O=C(NC[C@H]1CCc2ccccc2O1)c1cnc(CN2CCCC2)s1. The van der Waals surface area contributed by atoms with Gasteiger partial charge in [-0.05, 0) is 50.4 Å². The van der Waals surface area contributed by atoms with E-state index in [1.807, 2.05) is 18.2 Å². The lowest BCUT2D eigenvalue weighted by molar-refractivity contribution is 0.0922. The molecule has 1 amide bonds. The molecule has 2 aromatic rings. The Balaban J connectivity index is 1.28. The first-order valence-corrected chi connectivity index (χ1v) is 9.79. The highest BCUT2D eigenvalue weighted by Gasteiger charge is 2.21. The van der Waals surface area contributed by atoms with E-state index in [4.69, 9.17) is 4.74 Å². The van der Waals surface area contributed by atoms with Crippen molar-refractivity contribution in [3.05, 3.63) is 45.9 Å². The number of hydrogen-bond acceptors (Lipinski definition) is 5. The Morgan fingerprint density at radius 3 is 3.04 bits per heavy atom. The van der Waals surface area contributed by atoms with Crippen LogP contribution in [0.25, 0.3) is 0 Å². The second kappa shape index (κ2) is 7.54. The van der Waals surface area contributed by atoms with Crippen LogP contribution in [-0.2, 0) is 13.0 Å². The fraction of sp³-hybridized carbons (Fsp3) is 0.474. The summed E-state index contributed by atoms with van der Waals surface area (Å²) >= 11 is 1.50. The van der Waals surface area contributed by atoms with Gasteiger partial charge < -0.3 is 10.1 Å². The lowest BCUT2D eigenvalue weighted by Crippen LogP contribution is -2.37. The van der Waals surface area contributed by atoms with Gasteiger partial charge in [0, 0.05) is 0 Å². The van der Waals surface area contributed by atoms with E-state index in [9.17, 15) is 4.79 Å². The first-order chi connectivity index (χ1) is 12.3. The van der Waals surface area contributed by atoms with Crippen molar-refractivity contribution in [2.24, 2.45) is 0 Å². The Hall–Kier alpha value is -1.92. The number of likely N-dealkylation sites (tertiary alicyclic amines) is 1. The standard InChI is InChI=1S/C19H23N3O2S/c23-19(17-12-20-18(25-17)13-22-9-3-4-10-22)21-11-15-8-7-14-5-1-2-6-16(14)24-15/h1-2,5-6,12,15H,3-4,7-11,13H2,(H,21,23)/t15-/m1/s1. The maximum atomic E-state index is 12.4. The Kier molecular flexibility index (Phi) is 4.99. The van der Waals surface area contributed by atoms with E-state index >= 15 is 0 Å². The molecular weight excluding hydrogens is 334 g/mol. The van der Waals surface area contributed by atoms with Crippen LogP contribution < -0.4 is 10.1 Å². The molecule has 2 aliphatic rings. The molecule has 2 aliphatic heterocycles. The summed E-state index contributed by atoms with van der Waals surface area (Å²) in [7, 11) is 0. The number of thiazole rings is 1. The van der Waals surface area contributed by atoms with Crippen molar-refractivity contribution in [1.29, 1.82) is 0 Å². The molecular formula is C19H23N3O2S. The first-order valence-electron chi connectivity index (χ1n) is 8.98. The molecule has 4 rings (SSSR count). The number of aromatic nitrogens is 1. The summed E-state index contributed by atoms with van der Waals surface area (Å²) in [6.07, 6.45) is 6.20. The zero-order valence-electron chi connectivity index (χ0n) is 14.2. The fourth-order valence-electron chi connectivity index (χ4n) is 3.44. The predicted molar refractivity (Wildman–Crippen MR) is 98.1 cm³/mol. The highest BCUT2D eigenvalue weighted by Crippen LogP contribution is 2.26. The minimum Gasteiger partial charge on any atom is -0.488 e. The van der Waals surface area contributed by atoms with Gasteiger partial charge >= 0.3 is 0 Å². The number of fused-ring (bicyclic) bond motifs is 1. The van der Waals surface area contributed by atoms with Crippen molar-refractivity contribution in [2.75, 3.05) is 19.6 Å². The first kappa shape index (κ1) is 16.5. The normalized spacial score (nSPS) is 20.1. The molecule has 0 saturated carbocycles. The highest BCUT2D eigenvalue weighted by atomic mass is 32.1. The number of hydrogen-bond donors (Lipinski definition) is 1. The van der Waals surface area contributed by atoms with Gasteiger partial charge in [0.2, 0.25) is 0 Å². The molecule has 0 unspecified atom stereocenters. The lowest BCUT2D eigenvalue weighted by atomic mass is 10.0. The third-order valence-corrected chi connectivity index (χ3v) is 5.81. The maximum Gasteiger partial charge on any atom is 0.263 e. The molecule has 1 N–H and O–H groups in total. The quantitative estimate of drug-likeness (QED) is 0.894. The van der Waals surface area contributed by atoms with Gasteiger partial charge in [-0.15, -0.1) is 11.3 Å². The molecule has 1 aromatic heterocycles. The van der Waals surface area contributed by atoms with Crippen LogP contribution in [0, 0.1) is 0 Å². The van der Waals surface area contributed by atoms with Crippen LogP contribution in [0.3, 0.4) is 0 Å². The Labute approximate surface area is 152 Å². The van der Waals surface area contributed by atoms with Crippen LogP contribution in [0.4, 0.5) is 0 Å². The number of aryl methyl sites for hydroxylation is 1. The molecule has 0 aliphatic carbocycles. The highest BCUT2D eigenvalue weighted by molar-refractivity contribution is 7.13. The van der Waals surface area contributed by atoms with E-state index in [0.717, 1.165) is 43.2 Å². The molecule has 132 valence electrons. The zero-order chi connectivity index (χ0) is 17.1. The summed E-state index contributed by atoms with van der Waals surface area (Å²) in [5.74, 6) is 0.895. The van der Waals surface area contributed by atoms with Gasteiger partial charge in [0.1, 0.15) is 21.7 Å². The molecule has 3 heterocycles. The summed E-state index contributed by atoms with van der Waals surface area (Å²) in [4.78, 5) is 19.9. The van der Waals surface area contributed by atoms with E-state index in [1.165, 1.54) is 29.7 Å². The minimum absolute atomic E-state index is 0.0378. The van der Waals surface area contributed by atoms with E-state index in [1.54, 1.807) is 6.20 Å². The second-order valence-electron chi connectivity index (χ2n) is 6.70. The van der Waals surface area contributed by atoms with Gasteiger partial charge in [-0.2, -0.15) is 0 Å². The van der Waals surface area contributed by atoms with Crippen molar-refractivity contribution in [3.8, 4) is 5.75 Å². The fourth-order valence-corrected chi connectivity index (χ4v) is 4.31. The van der Waals surface area contributed by atoms with Gasteiger partial charge in [-0.25, -0.2) is 4.98 Å². The largest absolute Gasteiger partial charge is 0.488 e. The number of rotatable bonds is 5. The molecule has 5 nitrogen and oxygen atoms in total. The zero-order valence-corrected chi connectivity index (χ0v) is 15.1. The molecule has 0 radical (unpaired) electrons. The number of nitrogens with zero attached hydrogens (tertiary/aromatic N) is 2. The van der Waals surface area contributed by atoms with Crippen molar-refractivity contribution >= 4 is 17.2 Å². The van der Waals surface area contributed by atoms with Crippen LogP contribution >= 0.6 is 11.3 Å². The van der Waals surface area contributed by atoms with Gasteiger partial charge in [0.25, 0.3) is 5.91 Å². The Bertz CT molecular complexity index is 740. The maximum absolute atomic E-state index is 12.4. The Morgan fingerprint density at radius 2 is 2.16 bits per heavy atom.